The van der Waals surface area contributed by atoms with Crippen LogP contribution in [0, 0.1) is 0 Å². The van der Waals surface area contributed by atoms with Gasteiger partial charge in [0.05, 0.1) is 6.04 Å². The number of halogens is 1. The van der Waals surface area contributed by atoms with Crippen LogP contribution in [0.4, 0.5) is 10.5 Å². The fraction of sp³-hybridized carbons (Fsp3) is 0.556. The van der Waals surface area contributed by atoms with Crippen molar-refractivity contribution in [2.75, 3.05) is 24.6 Å². The van der Waals surface area contributed by atoms with Gasteiger partial charge in [-0.05, 0) is 49.9 Å². The number of carbonyl (C=O) groups excluding carboxylic acids is 2. The number of carbonyl (C=O) groups is 2. The van der Waals surface area contributed by atoms with Crippen LogP contribution in [-0.2, 0) is 4.79 Å². The zero-order chi connectivity index (χ0) is 17.8. The van der Waals surface area contributed by atoms with Crippen molar-refractivity contribution in [1.82, 2.24) is 10.2 Å². The standard InChI is InChI=1S/C18H24ClN3O3/c19-13-4-6-16(7-5-13)22-12-14(11-17(22)24)20-18(25)21-9-2-1-3-15(21)8-10-23/h4-7,14-15,23H,1-3,8-12H2,(H,20,25)/t14-,15-/m0/s1. The number of anilines is 1. The van der Waals surface area contributed by atoms with Gasteiger partial charge in [-0.1, -0.05) is 11.6 Å². The van der Waals surface area contributed by atoms with Gasteiger partial charge in [0, 0.05) is 42.9 Å². The topological polar surface area (TPSA) is 72.9 Å². The van der Waals surface area contributed by atoms with Crippen LogP contribution in [0.15, 0.2) is 24.3 Å². The van der Waals surface area contributed by atoms with Gasteiger partial charge < -0.3 is 20.2 Å². The van der Waals surface area contributed by atoms with Crippen LogP contribution in [0.3, 0.4) is 0 Å². The summed E-state index contributed by atoms with van der Waals surface area (Å²) in [6.07, 6.45) is 3.89. The molecule has 25 heavy (non-hydrogen) atoms. The minimum absolute atomic E-state index is 0.00169. The Bertz CT molecular complexity index is 620. The van der Waals surface area contributed by atoms with Crippen molar-refractivity contribution in [1.29, 1.82) is 0 Å². The van der Waals surface area contributed by atoms with Crippen molar-refractivity contribution >= 4 is 29.2 Å². The summed E-state index contributed by atoms with van der Waals surface area (Å²) in [5.41, 5.74) is 0.794. The Morgan fingerprint density at radius 1 is 1.28 bits per heavy atom. The second kappa shape index (κ2) is 8.06. The largest absolute Gasteiger partial charge is 0.396 e. The van der Waals surface area contributed by atoms with Crippen molar-refractivity contribution in [2.45, 2.75) is 44.2 Å². The van der Waals surface area contributed by atoms with Crippen LogP contribution >= 0.6 is 11.6 Å². The molecule has 2 aliphatic rings. The maximum Gasteiger partial charge on any atom is 0.317 e. The van der Waals surface area contributed by atoms with Gasteiger partial charge in [0.25, 0.3) is 0 Å². The predicted molar refractivity (Wildman–Crippen MR) is 96.8 cm³/mol. The highest BCUT2D eigenvalue weighted by Gasteiger charge is 2.34. The predicted octanol–water partition coefficient (Wildman–Crippen LogP) is 2.39. The van der Waals surface area contributed by atoms with Gasteiger partial charge in [-0.15, -0.1) is 0 Å². The van der Waals surface area contributed by atoms with E-state index in [-0.39, 0.29) is 30.6 Å². The van der Waals surface area contributed by atoms with Crippen LogP contribution in [0.1, 0.15) is 32.1 Å². The molecule has 3 rings (SSSR count). The maximum atomic E-state index is 12.6. The van der Waals surface area contributed by atoms with Crippen LogP contribution in [0.2, 0.25) is 5.02 Å². The first kappa shape index (κ1) is 18.0. The Morgan fingerprint density at radius 2 is 2.04 bits per heavy atom. The number of aliphatic hydroxyl groups is 1. The summed E-state index contributed by atoms with van der Waals surface area (Å²) in [6, 6.07) is 6.88. The van der Waals surface area contributed by atoms with Gasteiger partial charge in [-0.25, -0.2) is 4.79 Å². The number of nitrogens with zero attached hydrogens (tertiary/aromatic N) is 2. The Hall–Kier alpha value is -1.79. The summed E-state index contributed by atoms with van der Waals surface area (Å²) >= 11 is 5.89. The van der Waals surface area contributed by atoms with Gasteiger partial charge in [-0.3, -0.25) is 4.79 Å². The van der Waals surface area contributed by atoms with E-state index in [2.05, 4.69) is 5.32 Å². The van der Waals surface area contributed by atoms with Crippen molar-refractivity contribution in [3.05, 3.63) is 29.3 Å². The summed E-state index contributed by atoms with van der Waals surface area (Å²) < 4.78 is 0. The molecule has 2 heterocycles. The molecule has 0 saturated carbocycles. The van der Waals surface area contributed by atoms with Gasteiger partial charge in [0.1, 0.15) is 0 Å². The first-order valence-electron chi connectivity index (χ1n) is 8.82. The summed E-state index contributed by atoms with van der Waals surface area (Å²) in [6.45, 7) is 1.25. The lowest BCUT2D eigenvalue weighted by molar-refractivity contribution is -0.117. The van der Waals surface area contributed by atoms with Crippen molar-refractivity contribution in [2.24, 2.45) is 0 Å². The molecule has 0 aromatic heterocycles. The minimum Gasteiger partial charge on any atom is -0.396 e. The molecule has 2 N–H and O–H groups in total. The number of amides is 3. The minimum atomic E-state index is -0.201. The highest BCUT2D eigenvalue weighted by molar-refractivity contribution is 6.30. The Kier molecular flexibility index (Phi) is 5.81. The fourth-order valence-electron chi connectivity index (χ4n) is 3.65. The van der Waals surface area contributed by atoms with Crippen LogP contribution < -0.4 is 10.2 Å². The zero-order valence-corrected chi connectivity index (χ0v) is 14.9. The second-order valence-electron chi connectivity index (χ2n) is 6.69. The molecule has 0 aliphatic carbocycles. The number of nitrogens with one attached hydrogen (secondary N) is 1. The third-order valence-corrected chi connectivity index (χ3v) is 5.19. The van der Waals surface area contributed by atoms with Crippen molar-refractivity contribution < 1.29 is 14.7 Å². The van der Waals surface area contributed by atoms with E-state index >= 15 is 0 Å². The molecule has 1 aromatic carbocycles. The first-order valence-corrected chi connectivity index (χ1v) is 9.20. The molecule has 6 nitrogen and oxygen atoms in total. The van der Waals surface area contributed by atoms with E-state index in [1.165, 1.54) is 0 Å². The number of rotatable bonds is 4. The first-order chi connectivity index (χ1) is 12.1. The SMILES string of the molecule is O=C1C[C@H](NC(=O)N2CCCC[C@H]2CCO)CN1c1ccc(Cl)cc1. The third-order valence-electron chi connectivity index (χ3n) is 4.94. The van der Waals surface area contributed by atoms with E-state index in [0.29, 0.717) is 31.0 Å². The number of aliphatic hydroxyl groups excluding tert-OH is 1. The van der Waals surface area contributed by atoms with Crippen LogP contribution in [0.25, 0.3) is 0 Å². The second-order valence-corrected chi connectivity index (χ2v) is 7.12. The lowest BCUT2D eigenvalue weighted by atomic mass is 10.00. The van der Waals surface area contributed by atoms with Crippen molar-refractivity contribution in [3.63, 3.8) is 0 Å². The maximum absolute atomic E-state index is 12.6. The van der Waals surface area contributed by atoms with E-state index in [1.807, 2.05) is 17.0 Å². The molecule has 3 amide bonds. The quantitative estimate of drug-likeness (QED) is 0.860. The lowest BCUT2D eigenvalue weighted by Gasteiger charge is -2.36. The molecule has 7 heteroatoms. The van der Waals surface area contributed by atoms with Gasteiger partial charge in [0.2, 0.25) is 5.91 Å². The average molecular weight is 366 g/mol. The lowest BCUT2D eigenvalue weighted by Crippen LogP contribution is -2.52. The summed E-state index contributed by atoms with van der Waals surface area (Å²) in [5, 5.41) is 12.8. The summed E-state index contributed by atoms with van der Waals surface area (Å²) in [7, 11) is 0. The number of likely N-dealkylation sites (tertiary alicyclic amines) is 1. The average Bonchev–Trinajstić information content (AvgIpc) is 2.96. The van der Waals surface area contributed by atoms with E-state index in [4.69, 9.17) is 11.6 Å². The molecular weight excluding hydrogens is 342 g/mol. The molecule has 0 radical (unpaired) electrons. The highest BCUT2D eigenvalue weighted by Crippen LogP contribution is 2.24. The van der Waals surface area contributed by atoms with Gasteiger partial charge >= 0.3 is 6.03 Å². The number of urea groups is 1. The molecule has 2 fully saturated rings. The molecule has 0 unspecified atom stereocenters. The highest BCUT2D eigenvalue weighted by atomic mass is 35.5. The Morgan fingerprint density at radius 3 is 2.76 bits per heavy atom. The zero-order valence-electron chi connectivity index (χ0n) is 14.2. The van der Waals surface area contributed by atoms with Gasteiger partial charge in [0.15, 0.2) is 0 Å². The van der Waals surface area contributed by atoms with Crippen molar-refractivity contribution in [3.8, 4) is 0 Å². The third kappa shape index (κ3) is 4.25. The number of benzene rings is 1. The Labute approximate surface area is 152 Å². The van der Waals surface area contributed by atoms with E-state index in [0.717, 1.165) is 24.9 Å². The summed E-state index contributed by atoms with van der Waals surface area (Å²) in [4.78, 5) is 28.4. The molecular formula is C18H24ClN3O3. The van der Waals surface area contributed by atoms with E-state index < -0.39 is 0 Å². The molecule has 2 saturated heterocycles. The van der Waals surface area contributed by atoms with Gasteiger partial charge in [-0.2, -0.15) is 0 Å². The summed E-state index contributed by atoms with van der Waals surface area (Å²) in [5.74, 6) is -0.00169. The Balaban J connectivity index is 1.60. The van der Waals surface area contributed by atoms with E-state index in [9.17, 15) is 14.7 Å². The smallest absolute Gasteiger partial charge is 0.317 e. The number of hydrogen-bond acceptors (Lipinski definition) is 3. The molecule has 1 aromatic rings. The number of piperidine rings is 1. The van der Waals surface area contributed by atoms with E-state index in [1.54, 1.807) is 17.0 Å². The van der Waals surface area contributed by atoms with Crippen LogP contribution in [-0.4, -0.2) is 53.7 Å². The molecule has 2 aliphatic heterocycles. The van der Waals surface area contributed by atoms with Crippen LogP contribution in [0.5, 0.6) is 0 Å². The molecule has 136 valence electrons. The molecule has 0 spiro atoms. The molecule has 2 atom stereocenters. The molecule has 0 bridgehead atoms. The normalized spacial score (nSPS) is 23.8. The number of hydrogen-bond donors (Lipinski definition) is 2. The monoisotopic (exact) mass is 365 g/mol. The fourth-order valence-corrected chi connectivity index (χ4v) is 3.78.